The Kier molecular flexibility index (Phi) is 7.69. The quantitative estimate of drug-likeness (QED) is 0.475. The molecule has 1 aromatic rings. The lowest BCUT2D eigenvalue weighted by molar-refractivity contribution is -0.151. The minimum Gasteiger partial charge on any atom is -0.497 e. The molecule has 0 saturated carbocycles. The molecule has 1 aliphatic carbocycles. The van der Waals surface area contributed by atoms with Gasteiger partial charge in [-0.25, -0.2) is 4.79 Å². The van der Waals surface area contributed by atoms with Crippen molar-refractivity contribution in [2.45, 2.75) is 52.6 Å². The third-order valence-electron chi connectivity index (χ3n) is 6.60. The number of esters is 2. The van der Waals surface area contributed by atoms with Gasteiger partial charge in [0, 0.05) is 28.6 Å². The summed E-state index contributed by atoms with van der Waals surface area (Å²) in [5.74, 6) is -2.43. The van der Waals surface area contributed by atoms with Crippen LogP contribution in [0.1, 0.15) is 52.0 Å². The molecular weight excluding hydrogens is 438 g/mol. The number of methoxy groups -OCH3 is 3. The van der Waals surface area contributed by atoms with Crippen LogP contribution in [0.25, 0.3) is 0 Å². The Morgan fingerprint density at radius 1 is 1.18 bits per heavy atom. The molecule has 1 N–H and O–H groups in total. The molecular formula is C26H33NO7. The number of hydrogen-bond donors (Lipinski definition) is 1. The molecule has 0 fully saturated rings. The van der Waals surface area contributed by atoms with E-state index < -0.39 is 23.8 Å². The molecule has 4 atom stereocenters. The summed E-state index contributed by atoms with van der Waals surface area (Å²) in [5.41, 5.74) is 2.58. The summed E-state index contributed by atoms with van der Waals surface area (Å²) in [6.45, 7) is 7.38. The highest BCUT2D eigenvalue weighted by molar-refractivity contribution is 6.12. The Morgan fingerprint density at radius 3 is 2.47 bits per heavy atom. The van der Waals surface area contributed by atoms with Crippen LogP contribution in [0.5, 0.6) is 11.5 Å². The van der Waals surface area contributed by atoms with Gasteiger partial charge in [-0.3, -0.25) is 9.59 Å². The summed E-state index contributed by atoms with van der Waals surface area (Å²) in [7, 11) is 4.34. The van der Waals surface area contributed by atoms with Gasteiger partial charge in [-0.15, -0.1) is 0 Å². The van der Waals surface area contributed by atoms with E-state index in [0.29, 0.717) is 52.4 Å². The summed E-state index contributed by atoms with van der Waals surface area (Å²) in [6, 6.07) is 5.24. The number of dihydropyridines is 1. The summed E-state index contributed by atoms with van der Waals surface area (Å²) in [5, 5.41) is 3.26. The standard InChI is InChI=1S/C26H33NO7/c1-8-14(3)34-26(30)21-15(4)27-18-11-13(2)20(25(29)33-7)24(28)23(18)22(21)17-10-9-16(31-5)12-19(17)32-6/h9-10,12-14,20,22,27H,8,11H2,1-7H3/t13-,14-,20+,22+/m0/s1. The minimum atomic E-state index is -0.956. The molecule has 1 aromatic carbocycles. The number of ketones is 1. The molecule has 0 saturated heterocycles. The van der Waals surface area contributed by atoms with Crippen molar-refractivity contribution in [2.24, 2.45) is 11.8 Å². The van der Waals surface area contributed by atoms with Crippen molar-refractivity contribution in [1.82, 2.24) is 5.32 Å². The van der Waals surface area contributed by atoms with Crippen LogP contribution in [0.4, 0.5) is 0 Å². The second kappa shape index (κ2) is 10.3. The van der Waals surface area contributed by atoms with Gasteiger partial charge in [-0.2, -0.15) is 0 Å². The first-order valence-corrected chi connectivity index (χ1v) is 11.4. The van der Waals surface area contributed by atoms with E-state index in [4.69, 9.17) is 18.9 Å². The van der Waals surface area contributed by atoms with Gasteiger partial charge in [0.1, 0.15) is 17.4 Å². The molecule has 0 spiro atoms. The Balaban J connectivity index is 2.24. The van der Waals surface area contributed by atoms with Gasteiger partial charge in [-0.05, 0) is 38.7 Å². The molecule has 34 heavy (non-hydrogen) atoms. The molecule has 0 amide bonds. The van der Waals surface area contributed by atoms with E-state index in [1.165, 1.54) is 14.2 Å². The summed E-state index contributed by atoms with van der Waals surface area (Å²) < 4.78 is 21.6. The van der Waals surface area contributed by atoms with Gasteiger partial charge >= 0.3 is 11.9 Å². The SMILES string of the molecule is CC[C@H](C)OC(=O)C1=C(C)NC2=C(C(=O)[C@H](C(=O)OC)[C@@H](C)C2)[C@@H]1c1ccc(OC)cc1OC. The first kappa shape index (κ1) is 25.3. The van der Waals surface area contributed by atoms with Crippen molar-refractivity contribution in [2.75, 3.05) is 21.3 Å². The van der Waals surface area contributed by atoms with Crippen LogP contribution >= 0.6 is 0 Å². The van der Waals surface area contributed by atoms with E-state index in [9.17, 15) is 14.4 Å². The largest absolute Gasteiger partial charge is 0.497 e. The van der Waals surface area contributed by atoms with Gasteiger partial charge in [0.05, 0.1) is 38.9 Å². The van der Waals surface area contributed by atoms with Crippen LogP contribution in [0, 0.1) is 11.8 Å². The van der Waals surface area contributed by atoms with Gasteiger partial charge < -0.3 is 24.3 Å². The van der Waals surface area contributed by atoms with Crippen LogP contribution in [-0.2, 0) is 23.9 Å². The molecule has 0 aromatic heterocycles. The van der Waals surface area contributed by atoms with Crippen molar-refractivity contribution < 1.29 is 33.3 Å². The maximum absolute atomic E-state index is 13.8. The fraction of sp³-hybridized carbons (Fsp3) is 0.500. The maximum atomic E-state index is 13.8. The molecule has 2 aliphatic rings. The molecule has 8 heteroatoms. The second-order valence-corrected chi connectivity index (χ2v) is 8.77. The third-order valence-corrected chi connectivity index (χ3v) is 6.60. The first-order chi connectivity index (χ1) is 16.2. The average molecular weight is 472 g/mol. The fourth-order valence-corrected chi connectivity index (χ4v) is 4.65. The highest BCUT2D eigenvalue weighted by Gasteiger charge is 2.48. The maximum Gasteiger partial charge on any atom is 0.337 e. The molecule has 3 rings (SSSR count). The number of carbonyl (C=O) groups is 3. The lowest BCUT2D eigenvalue weighted by Crippen LogP contribution is -2.43. The van der Waals surface area contributed by atoms with E-state index in [-0.39, 0.29) is 17.8 Å². The molecule has 0 bridgehead atoms. The zero-order chi connectivity index (χ0) is 25.2. The molecule has 1 heterocycles. The average Bonchev–Trinajstić information content (AvgIpc) is 2.82. The van der Waals surface area contributed by atoms with E-state index in [1.54, 1.807) is 32.2 Å². The smallest absolute Gasteiger partial charge is 0.337 e. The first-order valence-electron chi connectivity index (χ1n) is 11.4. The molecule has 8 nitrogen and oxygen atoms in total. The number of benzene rings is 1. The van der Waals surface area contributed by atoms with Crippen LogP contribution in [-0.4, -0.2) is 45.2 Å². The van der Waals surface area contributed by atoms with E-state index >= 15 is 0 Å². The second-order valence-electron chi connectivity index (χ2n) is 8.77. The normalized spacial score (nSPS) is 23.0. The van der Waals surface area contributed by atoms with Gasteiger partial charge in [-0.1, -0.05) is 19.9 Å². The van der Waals surface area contributed by atoms with Crippen molar-refractivity contribution >= 4 is 17.7 Å². The minimum absolute atomic E-state index is 0.258. The van der Waals surface area contributed by atoms with Crippen LogP contribution < -0.4 is 14.8 Å². The molecule has 184 valence electrons. The number of ether oxygens (including phenoxy) is 4. The number of Topliss-reactive ketones (excluding diaryl/α,β-unsaturated/α-hetero) is 1. The number of rotatable bonds is 7. The van der Waals surface area contributed by atoms with E-state index in [2.05, 4.69) is 5.32 Å². The fourth-order valence-electron chi connectivity index (χ4n) is 4.65. The van der Waals surface area contributed by atoms with Crippen molar-refractivity contribution in [1.29, 1.82) is 0 Å². The van der Waals surface area contributed by atoms with E-state index in [0.717, 1.165) is 0 Å². The van der Waals surface area contributed by atoms with Gasteiger partial charge in [0.25, 0.3) is 0 Å². The van der Waals surface area contributed by atoms with Crippen LogP contribution in [0.15, 0.2) is 40.7 Å². The molecule has 1 aliphatic heterocycles. The lowest BCUT2D eigenvalue weighted by atomic mass is 9.69. The third kappa shape index (κ3) is 4.54. The Labute approximate surface area is 200 Å². The van der Waals surface area contributed by atoms with Crippen LogP contribution in [0.2, 0.25) is 0 Å². The van der Waals surface area contributed by atoms with Crippen molar-refractivity contribution in [3.05, 3.63) is 46.3 Å². The topological polar surface area (TPSA) is 100 Å². The zero-order valence-electron chi connectivity index (χ0n) is 20.8. The highest BCUT2D eigenvalue weighted by Crippen LogP contribution is 2.48. The zero-order valence-corrected chi connectivity index (χ0v) is 20.8. The number of carbonyl (C=O) groups excluding carboxylic acids is 3. The highest BCUT2D eigenvalue weighted by atomic mass is 16.5. The Hall–Kier alpha value is -3.29. The Morgan fingerprint density at radius 2 is 1.88 bits per heavy atom. The predicted molar refractivity (Wildman–Crippen MR) is 125 cm³/mol. The summed E-state index contributed by atoms with van der Waals surface area (Å²) in [6.07, 6.45) is 0.809. The van der Waals surface area contributed by atoms with E-state index in [1.807, 2.05) is 20.8 Å². The monoisotopic (exact) mass is 471 g/mol. The lowest BCUT2D eigenvalue weighted by Gasteiger charge is -2.38. The van der Waals surface area contributed by atoms with Gasteiger partial charge in [0.2, 0.25) is 0 Å². The van der Waals surface area contributed by atoms with Gasteiger partial charge in [0.15, 0.2) is 5.78 Å². The van der Waals surface area contributed by atoms with Crippen molar-refractivity contribution in [3.63, 3.8) is 0 Å². The molecule has 0 unspecified atom stereocenters. The Bertz CT molecular complexity index is 1060. The summed E-state index contributed by atoms with van der Waals surface area (Å²) >= 11 is 0. The number of hydrogen-bond acceptors (Lipinski definition) is 8. The molecule has 0 radical (unpaired) electrons. The number of nitrogens with one attached hydrogen (secondary N) is 1. The van der Waals surface area contributed by atoms with Crippen LogP contribution in [0.3, 0.4) is 0 Å². The summed E-state index contributed by atoms with van der Waals surface area (Å²) in [4.78, 5) is 39.7. The van der Waals surface area contributed by atoms with Crippen molar-refractivity contribution in [3.8, 4) is 11.5 Å². The number of allylic oxidation sites excluding steroid dienone is 3. The predicted octanol–water partition coefficient (Wildman–Crippen LogP) is 3.66.